The first-order valence-corrected chi connectivity index (χ1v) is 9.01. The highest BCUT2D eigenvalue weighted by Gasteiger charge is 2.24. The van der Waals surface area contributed by atoms with E-state index < -0.39 is 0 Å². The van der Waals surface area contributed by atoms with Crippen molar-refractivity contribution in [2.24, 2.45) is 0 Å². The van der Waals surface area contributed by atoms with Crippen LogP contribution in [0.5, 0.6) is 0 Å². The number of thiophene rings is 1. The number of hydrogen-bond acceptors (Lipinski definition) is 3. The van der Waals surface area contributed by atoms with Crippen LogP contribution in [0.3, 0.4) is 0 Å². The molecule has 0 aliphatic carbocycles. The lowest BCUT2D eigenvalue weighted by Gasteiger charge is -2.37. The lowest BCUT2D eigenvalue weighted by molar-refractivity contribution is 0.140. The van der Waals surface area contributed by atoms with E-state index in [2.05, 4.69) is 50.0 Å². The van der Waals surface area contributed by atoms with Crippen molar-refractivity contribution in [3.05, 3.63) is 21.9 Å². The zero-order valence-corrected chi connectivity index (χ0v) is 14.3. The maximum atomic E-state index is 3.69. The Morgan fingerprint density at radius 2 is 2.10 bits per heavy atom. The molecular weight excluding hydrogens is 264 g/mol. The van der Waals surface area contributed by atoms with E-state index in [0.717, 1.165) is 6.42 Å². The average Bonchev–Trinajstić information content (AvgIpc) is 2.94. The first kappa shape index (κ1) is 16.0. The highest BCUT2D eigenvalue weighted by molar-refractivity contribution is 7.12. The van der Waals surface area contributed by atoms with Crippen molar-refractivity contribution >= 4 is 11.3 Å². The molecule has 0 saturated carbocycles. The van der Waals surface area contributed by atoms with Crippen molar-refractivity contribution in [2.75, 3.05) is 13.1 Å². The second-order valence-corrected chi connectivity index (χ2v) is 7.47. The Morgan fingerprint density at radius 3 is 2.65 bits per heavy atom. The highest BCUT2D eigenvalue weighted by atomic mass is 32.1. The minimum atomic E-state index is 0.532. The van der Waals surface area contributed by atoms with Gasteiger partial charge >= 0.3 is 0 Å². The third-order valence-electron chi connectivity index (χ3n) is 4.45. The lowest BCUT2D eigenvalue weighted by atomic mass is 10.0. The molecule has 0 aromatic carbocycles. The molecule has 1 fully saturated rings. The zero-order chi connectivity index (χ0) is 14.5. The maximum absolute atomic E-state index is 3.69. The van der Waals surface area contributed by atoms with Gasteiger partial charge in [0.2, 0.25) is 0 Å². The summed E-state index contributed by atoms with van der Waals surface area (Å²) in [6.45, 7) is 11.6. The summed E-state index contributed by atoms with van der Waals surface area (Å²) in [6, 6.07) is 6.44. The SMILES string of the molecule is CCc1ccc(C(C)N(CC2CCCCN2)C(C)C)s1. The Morgan fingerprint density at radius 1 is 1.30 bits per heavy atom. The van der Waals surface area contributed by atoms with Gasteiger partial charge in [-0.25, -0.2) is 0 Å². The van der Waals surface area contributed by atoms with Crippen molar-refractivity contribution in [2.45, 2.75) is 71.5 Å². The van der Waals surface area contributed by atoms with Crippen molar-refractivity contribution in [3.8, 4) is 0 Å². The molecule has 0 radical (unpaired) electrons. The number of hydrogen-bond donors (Lipinski definition) is 1. The van der Waals surface area contributed by atoms with Crippen molar-refractivity contribution in [1.29, 1.82) is 0 Å². The van der Waals surface area contributed by atoms with E-state index in [1.165, 1.54) is 42.1 Å². The Kier molecular flexibility index (Phi) is 6.06. The van der Waals surface area contributed by atoms with Crippen LogP contribution in [0, 0.1) is 0 Å². The molecule has 1 N–H and O–H groups in total. The molecule has 1 aliphatic heterocycles. The second-order valence-electron chi connectivity index (χ2n) is 6.27. The molecule has 1 aliphatic rings. The van der Waals surface area contributed by atoms with Gasteiger partial charge in [-0.05, 0) is 58.7 Å². The van der Waals surface area contributed by atoms with Crippen LogP contribution >= 0.6 is 11.3 Å². The molecule has 2 unspecified atom stereocenters. The summed E-state index contributed by atoms with van der Waals surface area (Å²) >= 11 is 1.99. The van der Waals surface area contributed by atoms with Crippen LogP contribution in [0.2, 0.25) is 0 Å². The fourth-order valence-electron chi connectivity index (χ4n) is 3.12. The Balaban J connectivity index is 2.02. The van der Waals surface area contributed by atoms with Crippen molar-refractivity contribution in [1.82, 2.24) is 10.2 Å². The smallest absolute Gasteiger partial charge is 0.0416 e. The van der Waals surface area contributed by atoms with E-state index in [1.54, 1.807) is 0 Å². The fourth-order valence-corrected chi connectivity index (χ4v) is 4.15. The number of nitrogens with one attached hydrogen (secondary N) is 1. The van der Waals surface area contributed by atoms with Crippen LogP contribution in [0.4, 0.5) is 0 Å². The van der Waals surface area contributed by atoms with Gasteiger partial charge in [0.05, 0.1) is 0 Å². The summed E-state index contributed by atoms with van der Waals surface area (Å²) in [6.07, 6.45) is 5.22. The van der Waals surface area contributed by atoms with Crippen LogP contribution in [0.25, 0.3) is 0 Å². The van der Waals surface area contributed by atoms with E-state index in [0.29, 0.717) is 18.1 Å². The average molecular weight is 295 g/mol. The summed E-state index contributed by atoms with van der Waals surface area (Å²) in [5.41, 5.74) is 0. The number of aryl methyl sites for hydroxylation is 1. The number of rotatable bonds is 6. The normalized spacial score (nSPS) is 21.6. The molecule has 1 aromatic heterocycles. The predicted octanol–water partition coefficient (Wildman–Crippen LogP) is 4.22. The topological polar surface area (TPSA) is 15.3 Å². The van der Waals surface area contributed by atoms with Crippen LogP contribution in [0.1, 0.15) is 62.8 Å². The molecule has 2 nitrogen and oxygen atoms in total. The van der Waals surface area contributed by atoms with Gasteiger partial charge in [-0.1, -0.05) is 13.3 Å². The molecule has 0 amide bonds. The summed E-state index contributed by atoms with van der Waals surface area (Å²) in [4.78, 5) is 5.69. The van der Waals surface area contributed by atoms with Crippen LogP contribution in [-0.2, 0) is 6.42 Å². The van der Waals surface area contributed by atoms with Gasteiger partial charge in [0.25, 0.3) is 0 Å². The van der Waals surface area contributed by atoms with E-state index in [4.69, 9.17) is 0 Å². The Hall–Kier alpha value is -0.380. The van der Waals surface area contributed by atoms with Crippen LogP contribution < -0.4 is 5.32 Å². The van der Waals surface area contributed by atoms with Gasteiger partial charge < -0.3 is 5.32 Å². The van der Waals surface area contributed by atoms with E-state index in [1.807, 2.05) is 11.3 Å². The standard InChI is InChI=1S/C17H30N2S/c1-5-16-9-10-17(20-16)14(4)19(13(2)3)12-15-8-6-7-11-18-15/h9-10,13-15,18H,5-8,11-12H2,1-4H3. The predicted molar refractivity (Wildman–Crippen MR) is 89.6 cm³/mol. The molecule has 1 aromatic rings. The first-order chi connectivity index (χ1) is 9.61. The molecule has 0 bridgehead atoms. The summed E-state index contributed by atoms with van der Waals surface area (Å²) in [7, 11) is 0. The second kappa shape index (κ2) is 7.58. The third-order valence-corrected chi connectivity index (χ3v) is 5.85. The summed E-state index contributed by atoms with van der Waals surface area (Å²) < 4.78 is 0. The third kappa shape index (κ3) is 4.06. The Labute approximate surface area is 128 Å². The summed E-state index contributed by atoms with van der Waals surface area (Å²) in [5, 5.41) is 3.69. The van der Waals surface area contributed by atoms with E-state index in [9.17, 15) is 0 Å². The first-order valence-electron chi connectivity index (χ1n) is 8.19. The molecule has 1 saturated heterocycles. The van der Waals surface area contributed by atoms with Gasteiger partial charge in [0.15, 0.2) is 0 Å². The van der Waals surface area contributed by atoms with Gasteiger partial charge in [-0.15, -0.1) is 11.3 Å². The molecule has 0 spiro atoms. The number of piperidine rings is 1. The Bertz CT molecular complexity index is 393. The van der Waals surface area contributed by atoms with Crippen molar-refractivity contribution < 1.29 is 0 Å². The van der Waals surface area contributed by atoms with Gasteiger partial charge in [0, 0.05) is 34.4 Å². The molecule has 2 atom stereocenters. The lowest BCUT2D eigenvalue weighted by Crippen LogP contribution is -2.46. The molecule has 2 rings (SSSR count). The van der Waals surface area contributed by atoms with Gasteiger partial charge in [-0.3, -0.25) is 4.90 Å². The molecule has 20 heavy (non-hydrogen) atoms. The zero-order valence-electron chi connectivity index (χ0n) is 13.5. The van der Waals surface area contributed by atoms with Gasteiger partial charge in [0.1, 0.15) is 0 Å². The minimum absolute atomic E-state index is 0.532. The molecule has 114 valence electrons. The van der Waals surface area contributed by atoms with Crippen molar-refractivity contribution in [3.63, 3.8) is 0 Å². The molecular formula is C17H30N2S. The minimum Gasteiger partial charge on any atom is -0.313 e. The number of nitrogens with zero attached hydrogens (tertiary/aromatic N) is 1. The fraction of sp³-hybridized carbons (Fsp3) is 0.765. The van der Waals surface area contributed by atoms with E-state index >= 15 is 0 Å². The molecule has 2 heterocycles. The van der Waals surface area contributed by atoms with Crippen LogP contribution in [0.15, 0.2) is 12.1 Å². The monoisotopic (exact) mass is 294 g/mol. The highest BCUT2D eigenvalue weighted by Crippen LogP contribution is 2.29. The maximum Gasteiger partial charge on any atom is 0.0416 e. The van der Waals surface area contributed by atoms with Crippen LogP contribution in [-0.4, -0.2) is 30.1 Å². The van der Waals surface area contributed by atoms with Gasteiger partial charge in [-0.2, -0.15) is 0 Å². The molecule has 3 heteroatoms. The largest absolute Gasteiger partial charge is 0.313 e. The quantitative estimate of drug-likeness (QED) is 0.845. The van der Waals surface area contributed by atoms with E-state index in [-0.39, 0.29) is 0 Å². The summed E-state index contributed by atoms with van der Waals surface area (Å²) in [5.74, 6) is 0.